The minimum Gasteiger partial charge on any atom is -0.478 e. The summed E-state index contributed by atoms with van der Waals surface area (Å²) in [6.45, 7) is 0.873. The topological polar surface area (TPSA) is 85.4 Å². The van der Waals surface area contributed by atoms with E-state index in [1.807, 2.05) is 0 Å². The SMILES string of the molecule is CNc1ncc(C(=O)NCCOC)nc1OC. The summed E-state index contributed by atoms with van der Waals surface area (Å²) in [5.74, 6) is 0.461. The Morgan fingerprint density at radius 2 is 2.24 bits per heavy atom. The van der Waals surface area contributed by atoms with Crippen molar-refractivity contribution in [3.63, 3.8) is 0 Å². The quantitative estimate of drug-likeness (QED) is 0.675. The number of ether oxygens (including phenoxy) is 2. The number of anilines is 1. The van der Waals surface area contributed by atoms with Gasteiger partial charge in [-0.05, 0) is 0 Å². The number of carbonyl (C=O) groups is 1. The molecule has 0 saturated heterocycles. The van der Waals surface area contributed by atoms with Gasteiger partial charge in [-0.2, -0.15) is 0 Å². The highest BCUT2D eigenvalue weighted by Crippen LogP contribution is 2.17. The first-order chi connectivity index (χ1) is 8.22. The van der Waals surface area contributed by atoms with Gasteiger partial charge in [-0.25, -0.2) is 9.97 Å². The Kier molecular flexibility index (Phi) is 5.15. The Bertz CT molecular complexity index is 384. The monoisotopic (exact) mass is 240 g/mol. The summed E-state index contributed by atoms with van der Waals surface area (Å²) >= 11 is 0. The van der Waals surface area contributed by atoms with E-state index in [2.05, 4.69) is 20.6 Å². The summed E-state index contributed by atoms with van der Waals surface area (Å²) in [6, 6.07) is 0. The molecule has 0 aliphatic rings. The fourth-order valence-electron chi connectivity index (χ4n) is 1.15. The van der Waals surface area contributed by atoms with E-state index in [0.717, 1.165) is 0 Å². The first kappa shape index (κ1) is 13.2. The maximum Gasteiger partial charge on any atom is 0.271 e. The molecule has 17 heavy (non-hydrogen) atoms. The van der Waals surface area contributed by atoms with Crippen molar-refractivity contribution < 1.29 is 14.3 Å². The van der Waals surface area contributed by atoms with Crippen LogP contribution in [0.25, 0.3) is 0 Å². The molecular formula is C10H16N4O3. The van der Waals surface area contributed by atoms with Gasteiger partial charge in [0.15, 0.2) is 11.5 Å². The molecule has 1 rings (SSSR count). The van der Waals surface area contributed by atoms with Crippen LogP contribution in [0.15, 0.2) is 6.20 Å². The van der Waals surface area contributed by atoms with Gasteiger partial charge in [-0.3, -0.25) is 4.79 Å². The van der Waals surface area contributed by atoms with Crippen LogP contribution in [0.4, 0.5) is 5.82 Å². The first-order valence-electron chi connectivity index (χ1n) is 5.08. The van der Waals surface area contributed by atoms with E-state index in [0.29, 0.717) is 19.0 Å². The number of nitrogens with zero attached hydrogens (tertiary/aromatic N) is 2. The Hall–Kier alpha value is -1.89. The predicted molar refractivity (Wildman–Crippen MR) is 62.3 cm³/mol. The third-order valence-corrected chi connectivity index (χ3v) is 2.00. The molecule has 0 aliphatic heterocycles. The van der Waals surface area contributed by atoms with Crippen LogP contribution in [-0.4, -0.2) is 50.3 Å². The summed E-state index contributed by atoms with van der Waals surface area (Å²) in [4.78, 5) is 19.7. The smallest absolute Gasteiger partial charge is 0.271 e. The van der Waals surface area contributed by atoms with E-state index in [-0.39, 0.29) is 17.5 Å². The summed E-state index contributed by atoms with van der Waals surface area (Å²) in [6.07, 6.45) is 1.39. The molecule has 94 valence electrons. The number of hydrogen-bond acceptors (Lipinski definition) is 6. The predicted octanol–water partition coefficient (Wildman–Crippen LogP) is -0.0969. The van der Waals surface area contributed by atoms with Crippen LogP contribution in [-0.2, 0) is 4.74 Å². The molecule has 7 heteroatoms. The second kappa shape index (κ2) is 6.64. The molecule has 0 aliphatic carbocycles. The van der Waals surface area contributed by atoms with Gasteiger partial charge >= 0.3 is 0 Å². The van der Waals surface area contributed by atoms with Gasteiger partial charge in [0.05, 0.1) is 19.9 Å². The van der Waals surface area contributed by atoms with Crippen molar-refractivity contribution in [2.75, 3.05) is 39.7 Å². The van der Waals surface area contributed by atoms with Gasteiger partial charge in [0.25, 0.3) is 11.8 Å². The molecule has 0 atom stereocenters. The molecule has 0 fully saturated rings. The lowest BCUT2D eigenvalue weighted by atomic mass is 10.4. The van der Waals surface area contributed by atoms with Crippen molar-refractivity contribution in [1.82, 2.24) is 15.3 Å². The normalized spacial score (nSPS) is 9.82. The molecule has 1 aromatic rings. The summed E-state index contributed by atoms with van der Waals surface area (Å²) < 4.78 is 9.84. The average Bonchev–Trinajstić information content (AvgIpc) is 2.38. The summed E-state index contributed by atoms with van der Waals surface area (Å²) in [7, 11) is 4.74. The van der Waals surface area contributed by atoms with E-state index in [1.54, 1.807) is 14.2 Å². The maximum absolute atomic E-state index is 11.6. The zero-order valence-corrected chi connectivity index (χ0v) is 10.1. The summed E-state index contributed by atoms with van der Waals surface area (Å²) in [5, 5.41) is 5.46. The van der Waals surface area contributed by atoms with E-state index < -0.39 is 0 Å². The van der Waals surface area contributed by atoms with Crippen molar-refractivity contribution in [2.24, 2.45) is 0 Å². The minimum atomic E-state index is -0.310. The van der Waals surface area contributed by atoms with Crippen LogP contribution in [0.5, 0.6) is 5.88 Å². The van der Waals surface area contributed by atoms with Gasteiger partial charge in [0.2, 0.25) is 0 Å². The van der Waals surface area contributed by atoms with E-state index >= 15 is 0 Å². The lowest BCUT2D eigenvalue weighted by Crippen LogP contribution is -2.28. The van der Waals surface area contributed by atoms with Gasteiger partial charge in [-0.1, -0.05) is 0 Å². The van der Waals surface area contributed by atoms with E-state index in [1.165, 1.54) is 13.3 Å². The Labute approximate surface area is 99.5 Å². The highest BCUT2D eigenvalue weighted by Gasteiger charge is 2.12. The van der Waals surface area contributed by atoms with Crippen LogP contribution in [0, 0.1) is 0 Å². The molecular weight excluding hydrogens is 224 g/mol. The van der Waals surface area contributed by atoms with Gasteiger partial charge in [-0.15, -0.1) is 0 Å². The third kappa shape index (κ3) is 3.56. The van der Waals surface area contributed by atoms with Crippen molar-refractivity contribution >= 4 is 11.7 Å². The second-order valence-corrected chi connectivity index (χ2v) is 3.11. The molecule has 1 amide bonds. The van der Waals surface area contributed by atoms with Gasteiger partial charge in [0, 0.05) is 20.7 Å². The van der Waals surface area contributed by atoms with Gasteiger partial charge in [0.1, 0.15) is 0 Å². The van der Waals surface area contributed by atoms with Crippen LogP contribution in [0.3, 0.4) is 0 Å². The second-order valence-electron chi connectivity index (χ2n) is 3.11. The summed E-state index contributed by atoms with van der Waals surface area (Å²) in [5.41, 5.74) is 0.206. The molecule has 1 aromatic heterocycles. The Morgan fingerprint density at radius 1 is 1.47 bits per heavy atom. The maximum atomic E-state index is 11.6. The van der Waals surface area contributed by atoms with Crippen molar-refractivity contribution in [3.8, 4) is 5.88 Å². The number of methoxy groups -OCH3 is 2. The molecule has 0 spiro atoms. The number of nitrogens with one attached hydrogen (secondary N) is 2. The zero-order chi connectivity index (χ0) is 12.7. The standard InChI is InChI=1S/C10H16N4O3/c1-11-8-10(17-3)14-7(6-13-8)9(15)12-4-5-16-2/h6H,4-5H2,1-3H3,(H,11,13)(H,12,15). The van der Waals surface area contributed by atoms with Gasteiger partial charge < -0.3 is 20.1 Å². The number of rotatable bonds is 6. The fraction of sp³-hybridized carbons (Fsp3) is 0.500. The molecule has 7 nitrogen and oxygen atoms in total. The highest BCUT2D eigenvalue weighted by atomic mass is 16.5. The zero-order valence-electron chi connectivity index (χ0n) is 10.1. The third-order valence-electron chi connectivity index (χ3n) is 2.00. The van der Waals surface area contributed by atoms with Crippen molar-refractivity contribution in [2.45, 2.75) is 0 Å². The van der Waals surface area contributed by atoms with Crippen molar-refractivity contribution in [1.29, 1.82) is 0 Å². The molecule has 0 saturated carbocycles. The lowest BCUT2D eigenvalue weighted by molar-refractivity contribution is 0.0931. The molecule has 0 radical (unpaired) electrons. The average molecular weight is 240 g/mol. The molecule has 0 unspecified atom stereocenters. The molecule has 0 aromatic carbocycles. The molecule has 1 heterocycles. The van der Waals surface area contributed by atoms with Crippen LogP contribution < -0.4 is 15.4 Å². The highest BCUT2D eigenvalue weighted by molar-refractivity contribution is 5.92. The van der Waals surface area contributed by atoms with Crippen LogP contribution >= 0.6 is 0 Å². The molecule has 2 N–H and O–H groups in total. The Morgan fingerprint density at radius 3 is 2.82 bits per heavy atom. The minimum absolute atomic E-state index is 0.206. The molecule has 0 bridgehead atoms. The number of carbonyl (C=O) groups excluding carboxylic acids is 1. The fourth-order valence-corrected chi connectivity index (χ4v) is 1.15. The lowest BCUT2D eigenvalue weighted by Gasteiger charge is -2.08. The largest absolute Gasteiger partial charge is 0.478 e. The van der Waals surface area contributed by atoms with E-state index in [9.17, 15) is 4.79 Å². The van der Waals surface area contributed by atoms with Crippen molar-refractivity contribution in [3.05, 3.63) is 11.9 Å². The number of hydrogen-bond donors (Lipinski definition) is 2. The van der Waals surface area contributed by atoms with Crippen LogP contribution in [0.1, 0.15) is 10.5 Å². The van der Waals surface area contributed by atoms with Crippen LogP contribution in [0.2, 0.25) is 0 Å². The van der Waals surface area contributed by atoms with E-state index in [4.69, 9.17) is 9.47 Å². The first-order valence-corrected chi connectivity index (χ1v) is 5.08. The Balaban J connectivity index is 2.74. The number of aromatic nitrogens is 2. The number of amides is 1.